The van der Waals surface area contributed by atoms with Gasteiger partial charge in [0.05, 0.1) is 11.0 Å². The van der Waals surface area contributed by atoms with Crippen LogP contribution in [0.5, 0.6) is 0 Å². The van der Waals surface area contributed by atoms with Gasteiger partial charge in [-0.15, -0.1) is 0 Å². The van der Waals surface area contributed by atoms with E-state index in [2.05, 4.69) is 126 Å². The second kappa shape index (κ2) is 13.2. The van der Waals surface area contributed by atoms with Gasteiger partial charge in [0.15, 0.2) is 23.1 Å². The summed E-state index contributed by atoms with van der Waals surface area (Å²) in [6.07, 6.45) is 0. The van der Waals surface area contributed by atoms with Crippen LogP contribution in [0.2, 0.25) is 0 Å². The molecule has 7 nitrogen and oxygen atoms in total. The Balaban J connectivity index is 1.07. The highest BCUT2D eigenvalue weighted by atomic mass is 16.3. The van der Waals surface area contributed by atoms with Crippen molar-refractivity contribution in [1.29, 1.82) is 0 Å². The average Bonchev–Trinajstić information content (AvgIpc) is 4.13. The summed E-state index contributed by atoms with van der Waals surface area (Å²) in [4.78, 5) is 16.2. The zero-order valence-corrected chi connectivity index (χ0v) is 35.0. The van der Waals surface area contributed by atoms with Crippen molar-refractivity contribution < 1.29 is 13.3 Å². The van der Waals surface area contributed by atoms with Gasteiger partial charge in [-0.1, -0.05) is 103 Å². The molecule has 15 rings (SSSR count). The number of furan rings is 3. The van der Waals surface area contributed by atoms with Crippen LogP contribution in [0.15, 0.2) is 207 Å². The highest BCUT2D eigenvalue weighted by molar-refractivity contribution is 6.19. The van der Waals surface area contributed by atoms with E-state index in [0.29, 0.717) is 17.5 Å². The molecule has 0 aliphatic carbocycles. The fraction of sp³-hybridized carbons (Fsp3) is 0. The molecule has 0 saturated carbocycles. The van der Waals surface area contributed by atoms with E-state index in [1.54, 1.807) is 0 Å². The summed E-state index contributed by atoms with van der Waals surface area (Å²) in [6, 6.07) is 67.5. The van der Waals surface area contributed by atoms with Crippen LogP contribution < -0.4 is 0 Å². The minimum atomic E-state index is 0.512. The van der Waals surface area contributed by atoms with E-state index < -0.39 is 0 Å². The molecule has 0 aliphatic heterocycles. The summed E-state index contributed by atoms with van der Waals surface area (Å²) < 4.78 is 21.9. The van der Waals surface area contributed by atoms with Gasteiger partial charge in [-0.3, -0.25) is 0 Å². The number of para-hydroxylation sites is 3. The van der Waals surface area contributed by atoms with E-state index >= 15 is 0 Å². The molecule has 66 heavy (non-hydrogen) atoms. The summed E-state index contributed by atoms with van der Waals surface area (Å²) in [5, 5.41) is 13.0. The number of hydrogen-bond acceptors (Lipinski definition) is 6. The Hall–Kier alpha value is -9.07. The lowest BCUT2D eigenvalue weighted by atomic mass is 10.0. The lowest BCUT2D eigenvalue weighted by molar-refractivity contribution is 0.666. The van der Waals surface area contributed by atoms with Crippen LogP contribution in [-0.4, -0.2) is 19.5 Å². The topological polar surface area (TPSA) is 83.0 Å². The highest BCUT2D eigenvalue weighted by Crippen LogP contribution is 2.45. The number of hydrogen-bond donors (Lipinski definition) is 0. The first-order valence-electron chi connectivity index (χ1n) is 22.1. The molecule has 0 unspecified atom stereocenters. The van der Waals surface area contributed by atoms with Gasteiger partial charge in [0.2, 0.25) is 0 Å². The fourth-order valence-corrected chi connectivity index (χ4v) is 10.3. The predicted molar refractivity (Wildman–Crippen MR) is 267 cm³/mol. The van der Waals surface area contributed by atoms with Crippen molar-refractivity contribution in [3.05, 3.63) is 194 Å². The molecule has 0 bridgehead atoms. The van der Waals surface area contributed by atoms with Crippen molar-refractivity contribution in [2.24, 2.45) is 0 Å². The largest absolute Gasteiger partial charge is 0.456 e. The van der Waals surface area contributed by atoms with Crippen molar-refractivity contribution in [3.63, 3.8) is 0 Å². The minimum Gasteiger partial charge on any atom is -0.456 e. The highest BCUT2D eigenvalue weighted by Gasteiger charge is 2.25. The molecule has 0 amide bonds. The fourth-order valence-electron chi connectivity index (χ4n) is 10.3. The smallest absolute Gasteiger partial charge is 0.166 e. The summed E-state index contributed by atoms with van der Waals surface area (Å²) in [6.45, 7) is 0. The van der Waals surface area contributed by atoms with Gasteiger partial charge in [-0.25, -0.2) is 15.0 Å². The molecule has 0 spiro atoms. The van der Waals surface area contributed by atoms with Gasteiger partial charge in [0, 0.05) is 59.8 Å². The zero-order valence-electron chi connectivity index (χ0n) is 35.0. The van der Waals surface area contributed by atoms with Crippen LogP contribution in [-0.2, 0) is 0 Å². The van der Waals surface area contributed by atoms with Crippen molar-refractivity contribution >= 4 is 109 Å². The van der Waals surface area contributed by atoms with Gasteiger partial charge in [-0.05, 0) is 113 Å². The van der Waals surface area contributed by atoms with Crippen molar-refractivity contribution in [2.45, 2.75) is 0 Å². The molecule has 0 N–H and O–H groups in total. The molecule has 0 fully saturated rings. The third kappa shape index (κ3) is 5.10. The predicted octanol–water partition coefficient (Wildman–Crippen LogP) is 16.0. The van der Waals surface area contributed by atoms with Crippen LogP contribution >= 0.6 is 0 Å². The lowest BCUT2D eigenvalue weighted by Gasteiger charge is -2.16. The quantitative estimate of drug-likeness (QED) is 0.175. The summed E-state index contributed by atoms with van der Waals surface area (Å²) >= 11 is 0. The first-order valence-corrected chi connectivity index (χ1v) is 22.1. The van der Waals surface area contributed by atoms with Crippen LogP contribution in [0.1, 0.15) is 0 Å². The number of benzene rings is 10. The maximum Gasteiger partial charge on any atom is 0.166 e. The van der Waals surface area contributed by atoms with E-state index in [0.717, 1.165) is 121 Å². The maximum atomic E-state index is 7.02. The van der Waals surface area contributed by atoms with Gasteiger partial charge in [0.1, 0.15) is 33.6 Å². The molecule has 306 valence electrons. The molecule has 5 aromatic heterocycles. The standard InChI is InChI=1S/C59H32N4O3/c1-3-13-35-31-48-44(27-33(35)11-1)45-28-34-12-2-4-14-36(34)32-49(45)63(48)55-43(24-23-42-39-15-5-10-20-52(39)66-56(42)55)59-61-57(37-21-25-53-46(29-37)40-16-6-8-18-50(40)64-53)60-58(62-59)38-22-26-54-47(30-38)41-17-7-9-19-51(41)65-54/h1-32H. The van der Waals surface area contributed by atoms with Gasteiger partial charge < -0.3 is 17.8 Å². The van der Waals surface area contributed by atoms with Gasteiger partial charge in [0.25, 0.3) is 0 Å². The van der Waals surface area contributed by atoms with Crippen molar-refractivity contribution in [3.8, 4) is 39.9 Å². The first-order chi connectivity index (χ1) is 32.7. The Morgan fingerprint density at radius 3 is 1.26 bits per heavy atom. The first kappa shape index (κ1) is 35.4. The molecule has 0 atom stereocenters. The molecular weight excluding hydrogens is 813 g/mol. The minimum absolute atomic E-state index is 0.512. The molecule has 5 heterocycles. The normalized spacial score (nSPS) is 12.2. The zero-order chi connectivity index (χ0) is 43.0. The van der Waals surface area contributed by atoms with Gasteiger partial charge in [-0.2, -0.15) is 0 Å². The average molecular weight is 845 g/mol. The van der Waals surface area contributed by atoms with Crippen LogP contribution in [0, 0.1) is 0 Å². The summed E-state index contributed by atoms with van der Waals surface area (Å²) in [5.74, 6) is 1.58. The number of fused-ring (bicyclic) bond motifs is 14. The monoisotopic (exact) mass is 844 g/mol. The second-order valence-corrected chi connectivity index (χ2v) is 17.1. The molecule has 7 heteroatoms. The molecule has 15 aromatic rings. The molecular formula is C59H32N4O3. The van der Waals surface area contributed by atoms with Crippen LogP contribution in [0.4, 0.5) is 0 Å². The van der Waals surface area contributed by atoms with E-state index in [4.69, 9.17) is 28.2 Å². The van der Waals surface area contributed by atoms with Crippen molar-refractivity contribution in [2.75, 3.05) is 0 Å². The van der Waals surface area contributed by atoms with E-state index in [-0.39, 0.29) is 0 Å². The Kier molecular flexibility index (Phi) is 7.10. The third-order valence-corrected chi connectivity index (χ3v) is 13.4. The van der Waals surface area contributed by atoms with Crippen LogP contribution in [0.3, 0.4) is 0 Å². The number of nitrogens with zero attached hydrogens (tertiary/aromatic N) is 4. The number of aromatic nitrogens is 4. The molecule has 0 aliphatic rings. The Morgan fingerprint density at radius 1 is 0.303 bits per heavy atom. The molecule has 0 saturated heterocycles. The van der Waals surface area contributed by atoms with E-state index in [1.165, 1.54) is 10.8 Å². The lowest BCUT2D eigenvalue weighted by Crippen LogP contribution is -2.04. The summed E-state index contributed by atoms with van der Waals surface area (Å²) in [5.41, 5.74) is 10.3. The third-order valence-electron chi connectivity index (χ3n) is 13.4. The van der Waals surface area contributed by atoms with Crippen molar-refractivity contribution in [1.82, 2.24) is 19.5 Å². The summed E-state index contributed by atoms with van der Waals surface area (Å²) in [7, 11) is 0. The Bertz CT molecular complexity index is 4320. The number of rotatable bonds is 4. The maximum absolute atomic E-state index is 7.02. The Morgan fingerprint density at radius 2 is 0.727 bits per heavy atom. The van der Waals surface area contributed by atoms with E-state index in [1.807, 2.05) is 72.8 Å². The molecule has 10 aromatic carbocycles. The SMILES string of the molecule is c1ccc2cc3c(cc2c1)c1cc2ccccc2cc1n3-c1c(-c2nc(-c3ccc4oc5ccccc5c4c3)nc(-c3ccc4oc5ccccc5c4c3)n2)ccc2c1oc1ccccc12. The van der Waals surface area contributed by atoms with Gasteiger partial charge >= 0.3 is 0 Å². The second-order valence-electron chi connectivity index (χ2n) is 17.1. The molecule has 0 radical (unpaired) electrons. The van der Waals surface area contributed by atoms with Crippen LogP contribution in [0.25, 0.3) is 149 Å². The van der Waals surface area contributed by atoms with E-state index in [9.17, 15) is 0 Å². The Labute approximate surface area is 374 Å².